The van der Waals surface area contributed by atoms with E-state index in [1.165, 1.54) is 12.3 Å². The van der Waals surface area contributed by atoms with E-state index in [0.717, 1.165) is 4.57 Å². The van der Waals surface area contributed by atoms with E-state index >= 15 is 0 Å². The molecule has 120 valence electrons. The average molecular weight is 528 g/mol. The van der Waals surface area contributed by atoms with Crippen LogP contribution in [0.2, 0.25) is 0 Å². The molecule has 22 heavy (non-hydrogen) atoms. The molecule has 1 aromatic heterocycles. The molecule has 4 N–H and O–H groups in total. The monoisotopic (exact) mass is 529 g/mol. The van der Waals surface area contributed by atoms with Crippen LogP contribution in [0.15, 0.2) is 17.1 Å². The molecule has 2 fully saturated rings. The number of nitrogens with zero attached hydrogens (tertiary/aromatic N) is 2. The molecule has 3 rings (SSSR count). The summed E-state index contributed by atoms with van der Waals surface area (Å²) >= 11 is -1.67. The van der Waals surface area contributed by atoms with Gasteiger partial charge < -0.3 is 0 Å². The number of nitrogens with two attached hydrogens (primary N) is 1. The Morgan fingerprint density at radius 1 is 1.45 bits per heavy atom. The molecule has 2 radical (unpaired) electrons. The van der Waals surface area contributed by atoms with Gasteiger partial charge in [-0.1, -0.05) is 0 Å². The second-order valence-corrected chi connectivity index (χ2v) is 11.0. The first-order chi connectivity index (χ1) is 10.4. The SMILES string of the molecule is Nc1ccn([C@@H]2O[C@H](COP3(=O)[O][Pb][O]3)[C@@H](O)[C@H]2O)c(=O)n1. The molecule has 0 bridgehead atoms. The maximum atomic E-state index is 11.7. The Labute approximate surface area is 137 Å². The number of anilines is 1. The van der Waals surface area contributed by atoms with Gasteiger partial charge in [0.1, 0.15) is 0 Å². The Morgan fingerprint density at radius 2 is 2.18 bits per heavy atom. The molecule has 3 heterocycles. The van der Waals surface area contributed by atoms with Crippen LogP contribution in [-0.2, 0) is 18.8 Å². The van der Waals surface area contributed by atoms with E-state index in [4.69, 9.17) is 19.9 Å². The van der Waals surface area contributed by atoms with E-state index in [-0.39, 0.29) is 12.4 Å². The summed E-state index contributed by atoms with van der Waals surface area (Å²) in [5.74, 6) is 0.0254. The number of hydrogen-bond donors (Lipinski definition) is 3. The fourth-order valence-corrected chi connectivity index (χ4v) is 6.18. The molecule has 0 amide bonds. The van der Waals surface area contributed by atoms with Crippen LogP contribution in [-0.4, -0.2) is 69.8 Å². The van der Waals surface area contributed by atoms with Crippen LogP contribution in [0.3, 0.4) is 0 Å². The van der Waals surface area contributed by atoms with Crippen molar-refractivity contribution in [2.24, 2.45) is 0 Å². The predicted molar refractivity (Wildman–Crippen MR) is 70.3 cm³/mol. The first-order valence-electron chi connectivity index (χ1n) is 6.13. The van der Waals surface area contributed by atoms with Crippen LogP contribution in [0.5, 0.6) is 0 Å². The average Bonchev–Trinajstić information content (AvgIpc) is 2.71. The van der Waals surface area contributed by atoms with Crippen LogP contribution in [0.1, 0.15) is 6.23 Å². The Balaban J connectivity index is 1.72. The molecule has 0 saturated carbocycles. The molecule has 4 atom stereocenters. The van der Waals surface area contributed by atoms with Crippen LogP contribution in [0.4, 0.5) is 5.82 Å². The van der Waals surface area contributed by atoms with Gasteiger partial charge in [0.2, 0.25) is 0 Å². The first-order valence-corrected chi connectivity index (χ1v) is 10.8. The molecule has 1 aromatic rings. The number of aromatic nitrogens is 2. The molecule has 2 aliphatic rings. The Bertz CT molecular complexity index is 663. The molecule has 0 aliphatic carbocycles. The van der Waals surface area contributed by atoms with Crippen molar-refractivity contribution in [2.45, 2.75) is 24.5 Å². The van der Waals surface area contributed by atoms with Gasteiger partial charge in [0.15, 0.2) is 0 Å². The molecule has 0 unspecified atom stereocenters. The third kappa shape index (κ3) is 3.12. The van der Waals surface area contributed by atoms with Crippen molar-refractivity contribution in [3.05, 3.63) is 22.7 Å². The van der Waals surface area contributed by atoms with Gasteiger partial charge in [-0.3, -0.25) is 0 Å². The minimum absolute atomic E-state index is 0.0254. The summed E-state index contributed by atoms with van der Waals surface area (Å²) < 4.78 is 32.5. The topological polar surface area (TPSA) is 155 Å². The Hall–Kier alpha value is -0.408. The van der Waals surface area contributed by atoms with Gasteiger partial charge in [0, 0.05) is 0 Å². The number of nitrogen functional groups attached to an aromatic ring is 1. The van der Waals surface area contributed by atoms with Crippen molar-refractivity contribution in [3.63, 3.8) is 0 Å². The van der Waals surface area contributed by atoms with Crippen molar-refractivity contribution in [3.8, 4) is 0 Å². The quantitative estimate of drug-likeness (QED) is 0.300. The van der Waals surface area contributed by atoms with Gasteiger partial charge in [0.25, 0.3) is 0 Å². The molecule has 13 heteroatoms. The Kier molecular flexibility index (Phi) is 4.67. The van der Waals surface area contributed by atoms with Crippen molar-refractivity contribution >= 4 is 38.8 Å². The summed E-state index contributed by atoms with van der Waals surface area (Å²) in [7, 11) is -3.48. The number of aliphatic hydroxyl groups excluding tert-OH is 2. The van der Waals surface area contributed by atoms with Crippen LogP contribution >= 0.6 is 7.82 Å². The summed E-state index contributed by atoms with van der Waals surface area (Å²) in [6.07, 6.45) is -3.60. The minimum atomic E-state index is -3.48. The van der Waals surface area contributed by atoms with E-state index in [1.807, 2.05) is 0 Å². The number of hydrogen-bond acceptors (Lipinski definition) is 10. The summed E-state index contributed by atoms with van der Waals surface area (Å²) in [5.41, 5.74) is 4.65. The molecular formula is C9H12N3O8PPb. The predicted octanol–water partition coefficient (Wildman–Crippen LogP) is -1.85. The third-order valence-electron chi connectivity index (χ3n) is 3.16. The molecular weight excluding hydrogens is 516 g/mol. The standard InChI is InChI=1S/C9H14N3O8P.Pb/c10-5-1-2-12(9(15)11-5)8-7(14)6(13)4(20-8)3-19-21(16,17)18;/h1-2,4,6-8,13-14H,3H2,(H2,10,11,15)(H2,16,17,18);/q;+2/p-2/t4-,6-,7-,8-;/m1./s1. The fraction of sp³-hybridized carbons (Fsp3) is 0.556. The summed E-state index contributed by atoms with van der Waals surface area (Å²) in [6.45, 7) is -0.313. The van der Waals surface area contributed by atoms with Crippen molar-refractivity contribution < 1.29 is 29.0 Å². The van der Waals surface area contributed by atoms with E-state index in [1.54, 1.807) is 0 Å². The van der Waals surface area contributed by atoms with Gasteiger partial charge in [-0.2, -0.15) is 0 Å². The van der Waals surface area contributed by atoms with Gasteiger partial charge in [0.05, 0.1) is 0 Å². The van der Waals surface area contributed by atoms with Crippen LogP contribution < -0.4 is 11.4 Å². The van der Waals surface area contributed by atoms with Gasteiger partial charge in [-0.05, 0) is 0 Å². The van der Waals surface area contributed by atoms with Crippen molar-refractivity contribution in [1.82, 2.24) is 9.55 Å². The zero-order valence-corrected chi connectivity index (χ0v) is 15.7. The summed E-state index contributed by atoms with van der Waals surface area (Å²) in [4.78, 5) is 15.3. The van der Waals surface area contributed by atoms with Crippen LogP contribution in [0, 0.1) is 0 Å². The molecule has 0 spiro atoms. The van der Waals surface area contributed by atoms with E-state index < -0.39 is 63.2 Å². The second kappa shape index (κ2) is 6.24. The molecule has 2 saturated heterocycles. The molecule has 0 aromatic carbocycles. The summed E-state index contributed by atoms with van der Waals surface area (Å²) in [5, 5.41) is 20.0. The number of ether oxygens (including phenoxy) is 1. The van der Waals surface area contributed by atoms with Gasteiger partial charge in [-0.15, -0.1) is 0 Å². The molecule has 2 aliphatic heterocycles. The van der Waals surface area contributed by atoms with Crippen LogP contribution in [0.25, 0.3) is 0 Å². The van der Waals surface area contributed by atoms with Crippen molar-refractivity contribution in [1.29, 1.82) is 0 Å². The fourth-order valence-electron chi connectivity index (χ4n) is 2.03. The molecule has 11 nitrogen and oxygen atoms in total. The third-order valence-corrected chi connectivity index (χ3v) is 11.2. The zero-order chi connectivity index (χ0) is 15.9. The number of phosphoric acid groups is 1. The van der Waals surface area contributed by atoms with Gasteiger partial charge >= 0.3 is 137 Å². The Morgan fingerprint density at radius 3 is 2.77 bits per heavy atom. The normalized spacial score (nSPS) is 33.5. The van der Waals surface area contributed by atoms with E-state index in [2.05, 4.69) is 4.98 Å². The number of rotatable bonds is 4. The maximum absolute atomic E-state index is 11.7. The van der Waals surface area contributed by atoms with E-state index in [0.29, 0.717) is 0 Å². The van der Waals surface area contributed by atoms with E-state index in [9.17, 15) is 19.6 Å². The summed E-state index contributed by atoms with van der Waals surface area (Å²) in [6, 6.07) is 1.36. The van der Waals surface area contributed by atoms with Crippen molar-refractivity contribution in [2.75, 3.05) is 12.3 Å². The first kappa shape index (κ1) is 16.4. The zero-order valence-electron chi connectivity index (χ0n) is 10.9. The second-order valence-electron chi connectivity index (χ2n) is 4.60. The van der Waals surface area contributed by atoms with Gasteiger partial charge in [-0.25, -0.2) is 0 Å². The number of aliphatic hydroxyl groups is 2.